The van der Waals surface area contributed by atoms with Crippen LogP contribution in [0.15, 0.2) is 29.6 Å². The summed E-state index contributed by atoms with van der Waals surface area (Å²) >= 11 is 1.66. The van der Waals surface area contributed by atoms with Gasteiger partial charge in [-0.1, -0.05) is 32.0 Å². The van der Waals surface area contributed by atoms with E-state index in [0.29, 0.717) is 5.92 Å². The van der Waals surface area contributed by atoms with Crippen LogP contribution in [0.3, 0.4) is 0 Å². The van der Waals surface area contributed by atoms with Gasteiger partial charge in [0.05, 0.1) is 5.69 Å². The van der Waals surface area contributed by atoms with Gasteiger partial charge in [0.1, 0.15) is 21.9 Å². The second kappa shape index (κ2) is 4.82. The van der Waals surface area contributed by atoms with Gasteiger partial charge in [0.15, 0.2) is 0 Å². The minimum absolute atomic E-state index is 0.299. The van der Waals surface area contributed by atoms with Crippen molar-refractivity contribution in [2.45, 2.75) is 51.2 Å². The Morgan fingerprint density at radius 2 is 2.00 bits per heavy atom. The van der Waals surface area contributed by atoms with Crippen molar-refractivity contribution < 1.29 is 4.74 Å². The Kier molecular flexibility index (Phi) is 3.34. The lowest BCUT2D eigenvalue weighted by molar-refractivity contribution is 0.0554. The molecule has 0 bridgehead atoms. The van der Waals surface area contributed by atoms with E-state index in [4.69, 9.17) is 15.5 Å². The molecule has 0 spiro atoms. The lowest BCUT2D eigenvalue weighted by Crippen LogP contribution is -2.50. The van der Waals surface area contributed by atoms with Crippen molar-refractivity contribution in [3.63, 3.8) is 0 Å². The standard InChI is InChI=1S/C17H22N2OS/c1-11(2)13-9-21-15(19-13)17(18)10-16(3,4)20-14-8-6-5-7-12(14)17/h5-9,11H,10,18H2,1-4H3. The van der Waals surface area contributed by atoms with E-state index in [1.807, 2.05) is 18.2 Å². The Balaban J connectivity index is 2.14. The zero-order chi connectivity index (χ0) is 15.3. The maximum Gasteiger partial charge on any atom is 0.125 e. The Morgan fingerprint density at radius 1 is 1.29 bits per heavy atom. The maximum absolute atomic E-state index is 6.85. The third-order valence-electron chi connectivity index (χ3n) is 3.95. The Morgan fingerprint density at radius 3 is 2.67 bits per heavy atom. The number of rotatable bonds is 2. The molecule has 1 aliphatic heterocycles. The van der Waals surface area contributed by atoms with Crippen LogP contribution >= 0.6 is 11.3 Å². The van der Waals surface area contributed by atoms with Crippen LogP contribution in [0.1, 0.15) is 56.3 Å². The van der Waals surface area contributed by atoms with E-state index < -0.39 is 5.54 Å². The van der Waals surface area contributed by atoms with Gasteiger partial charge in [-0.2, -0.15) is 0 Å². The number of benzene rings is 1. The van der Waals surface area contributed by atoms with Gasteiger partial charge in [-0.05, 0) is 25.8 Å². The molecule has 0 amide bonds. The lowest BCUT2D eigenvalue weighted by Gasteiger charge is -2.42. The summed E-state index contributed by atoms with van der Waals surface area (Å²) in [5, 5.41) is 3.11. The number of hydrogen-bond acceptors (Lipinski definition) is 4. The van der Waals surface area contributed by atoms with Crippen LogP contribution in [0.2, 0.25) is 0 Å². The van der Waals surface area contributed by atoms with E-state index in [0.717, 1.165) is 28.4 Å². The summed E-state index contributed by atoms with van der Waals surface area (Å²) in [7, 11) is 0. The average Bonchev–Trinajstić information content (AvgIpc) is 2.87. The largest absolute Gasteiger partial charge is 0.487 e. The van der Waals surface area contributed by atoms with Crippen LogP contribution in [0.25, 0.3) is 0 Å². The van der Waals surface area contributed by atoms with E-state index >= 15 is 0 Å². The predicted molar refractivity (Wildman–Crippen MR) is 86.9 cm³/mol. The average molecular weight is 302 g/mol. The fourth-order valence-electron chi connectivity index (χ4n) is 2.97. The quantitative estimate of drug-likeness (QED) is 0.911. The maximum atomic E-state index is 6.85. The summed E-state index contributed by atoms with van der Waals surface area (Å²) in [4.78, 5) is 4.81. The van der Waals surface area contributed by atoms with Crippen molar-refractivity contribution in [3.05, 3.63) is 45.9 Å². The molecule has 0 saturated carbocycles. The Labute approximate surface area is 130 Å². The summed E-state index contributed by atoms with van der Waals surface area (Å²) in [6.07, 6.45) is 0.724. The molecule has 2 N–H and O–H groups in total. The SMILES string of the molecule is CC(C)c1csc(C2(N)CC(C)(C)Oc3ccccc32)n1. The van der Waals surface area contributed by atoms with Gasteiger partial charge >= 0.3 is 0 Å². The monoisotopic (exact) mass is 302 g/mol. The van der Waals surface area contributed by atoms with Crippen molar-refractivity contribution >= 4 is 11.3 Å². The van der Waals surface area contributed by atoms with Gasteiger partial charge in [0.2, 0.25) is 0 Å². The highest BCUT2D eigenvalue weighted by molar-refractivity contribution is 7.09. The first kappa shape index (κ1) is 14.5. The number of fused-ring (bicyclic) bond motifs is 1. The summed E-state index contributed by atoms with van der Waals surface area (Å²) in [5.41, 5.74) is 8.13. The first-order chi connectivity index (χ1) is 9.82. The van der Waals surface area contributed by atoms with E-state index in [9.17, 15) is 0 Å². The Hall–Kier alpha value is -1.39. The van der Waals surface area contributed by atoms with E-state index in [1.54, 1.807) is 11.3 Å². The number of para-hydroxylation sites is 1. The molecular weight excluding hydrogens is 280 g/mol. The first-order valence-electron chi connectivity index (χ1n) is 7.35. The molecular formula is C17H22N2OS. The van der Waals surface area contributed by atoms with Gasteiger partial charge in [-0.3, -0.25) is 0 Å². The smallest absolute Gasteiger partial charge is 0.125 e. The number of nitrogens with zero attached hydrogens (tertiary/aromatic N) is 1. The zero-order valence-corrected chi connectivity index (χ0v) is 13.8. The summed E-state index contributed by atoms with van der Waals surface area (Å²) in [5.74, 6) is 1.29. The highest BCUT2D eigenvalue weighted by atomic mass is 32.1. The number of ether oxygens (including phenoxy) is 1. The van der Waals surface area contributed by atoms with Crippen LogP contribution in [-0.2, 0) is 5.54 Å². The molecule has 1 aliphatic rings. The van der Waals surface area contributed by atoms with Gasteiger partial charge in [0, 0.05) is 17.4 Å². The predicted octanol–water partition coefficient (Wildman–Crippen LogP) is 4.03. The molecule has 3 nitrogen and oxygen atoms in total. The minimum Gasteiger partial charge on any atom is -0.487 e. The van der Waals surface area contributed by atoms with E-state index in [2.05, 4.69) is 39.1 Å². The fourth-order valence-corrected chi connectivity index (χ4v) is 4.08. The third kappa shape index (κ3) is 2.47. The highest BCUT2D eigenvalue weighted by Crippen LogP contribution is 2.46. The van der Waals surface area contributed by atoms with Crippen molar-refractivity contribution in [1.29, 1.82) is 0 Å². The highest BCUT2D eigenvalue weighted by Gasteiger charge is 2.45. The van der Waals surface area contributed by atoms with Crippen LogP contribution in [0.5, 0.6) is 5.75 Å². The molecule has 1 aromatic heterocycles. The van der Waals surface area contributed by atoms with Gasteiger partial charge < -0.3 is 10.5 Å². The normalized spacial score (nSPS) is 23.7. The molecule has 112 valence electrons. The van der Waals surface area contributed by atoms with Gasteiger partial charge in [0.25, 0.3) is 0 Å². The summed E-state index contributed by atoms with van der Waals surface area (Å²) in [6.45, 7) is 8.48. The topological polar surface area (TPSA) is 48.1 Å². The number of nitrogens with two attached hydrogens (primary N) is 1. The molecule has 0 saturated heterocycles. The van der Waals surface area contributed by atoms with E-state index in [-0.39, 0.29) is 5.60 Å². The molecule has 21 heavy (non-hydrogen) atoms. The van der Waals surface area contributed by atoms with E-state index in [1.165, 1.54) is 0 Å². The van der Waals surface area contributed by atoms with Crippen LogP contribution < -0.4 is 10.5 Å². The molecule has 1 atom stereocenters. The molecule has 4 heteroatoms. The third-order valence-corrected chi connectivity index (χ3v) is 4.99. The summed E-state index contributed by atoms with van der Waals surface area (Å²) in [6, 6.07) is 8.05. The van der Waals surface area contributed by atoms with Gasteiger partial charge in [-0.25, -0.2) is 4.98 Å². The zero-order valence-electron chi connectivity index (χ0n) is 13.0. The van der Waals surface area contributed by atoms with Gasteiger partial charge in [-0.15, -0.1) is 11.3 Å². The molecule has 0 fully saturated rings. The van der Waals surface area contributed by atoms with Crippen molar-refractivity contribution in [1.82, 2.24) is 4.98 Å². The lowest BCUT2D eigenvalue weighted by atomic mass is 9.78. The number of hydrogen-bond donors (Lipinski definition) is 1. The number of thiazole rings is 1. The molecule has 0 aliphatic carbocycles. The Bertz CT molecular complexity index is 662. The first-order valence-corrected chi connectivity index (χ1v) is 8.23. The molecule has 1 unspecified atom stereocenters. The molecule has 1 aromatic carbocycles. The summed E-state index contributed by atoms with van der Waals surface area (Å²) < 4.78 is 6.09. The van der Waals surface area contributed by atoms with Crippen LogP contribution in [0, 0.1) is 0 Å². The molecule has 0 radical (unpaired) electrons. The van der Waals surface area contributed by atoms with Crippen LogP contribution in [0.4, 0.5) is 0 Å². The fraction of sp³-hybridized carbons (Fsp3) is 0.471. The van der Waals surface area contributed by atoms with Crippen LogP contribution in [-0.4, -0.2) is 10.6 Å². The molecule has 2 heterocycles. The second-order valence-corrected chi connectivity index (χ2v) is 7.60. The minimum atomic E-state index is -0.573. The van der Waals surface area contributed by atoms with Crippen molar-refractivity contribution in [2.75, 3.05) is 0 Å². The molecule has 3 rings (SSSR count). The molecule has 2 aromatic rings. The second-order valence-electron chi connectivity index (χ2n) is 6.74. The number of aromatic nitrogens is 1. The van der Waals surface area contributed by atoms with Crippen molar-refractivity contribution in [2.24, 2.45) is 5.73 Å². The van der Waals surface area contributed by atoms with Crippen molar-refractivity contribution in [3.8, 4) is 5.75 Å².